The van der Waals surface area contributed by atoms with Gasteiger partial charge in [-0.25, -0.2) is 0 Å². The van der Waals surface area contributed by atoms with Gasteiger partial charge in [-0.1, -0.05) is 45.0 Å². The van der Waals surface area contributed by atoms with E-state index < -0.39 is 0 Å². The third-order valence-corrected chi connectivity index (χ3v) is 3.41. The molecule has 0 fully saturated rings. The SMILES string of the molecule is CCc1cc(-c2cccnc2C)cc(C(C)C)c1. The molecule has 0 aliphatic carbocycles. The summed E-state index contributed by atoms with van der Waals surface area (Å²) < 4.78 is 0. The second-order valence-corrected chi connectivity index (χ2v) is 5.11. The Bertz CT molecular complexity index is 541. The highest BCUT2D eigenvalue weighted by atomic mass is 14.7. The molecule has 0 atom stereocenters. The van der Waals surface area contributed by atoms with Crippen molar-refractivity contribution in [2.24, 2.45) is 0 Å². The summed E-state index contributed by atoms with van der Waals surface area (Å²) in [5, 5.41) is 0. The predicted octanol–water partition coefficient (Wildman–Crippen LogP) is 4.74. The fourth-order valence-corrected chi connectivity index (χ4v) is 2.20. The monoisotopic (exact) mass is 239 g/mol. The van der Waals surface area contributed by atoms with Crippen LogP contribution in [0, 0.1) is 6.92 Å². The minimum absolute atomic E-state index is 0.562. The lowest BCUT2D eigenvalue weighted by Crippen LogP contribution is -1.94. The summed E-state index contributed by atoms with van der Waals surface area (Å²) in [7, 11) is 0. The summed E-state index contributed by atoms with van der Waals surface area (Å²) in [5.74, 6) is 0.562. The van der Waals surface area contributed by atoms with Crippen LogP contribution in [0.25, 0.3) is 11.1 Å². The van der Waals surface area contributed by atoms with Crippen LogP contribution < -0.4 is 0 Å². The fourth-order valence-electron chi connectivity index (χ4n) is 2.20. The Morgan fingerprint density at radius 3 is 2.56 bits per heavy atom. The van der Waals surface area contributed by atoms with Crippen LogP contribution in [0.1, 0.15) is 43.5 Å². The Balaban J connectivity index is 2.57. The van der Waals surface area contributed by atoms with E-state index in [4.69, 9.17) is 0 Å². The second kappa shape index (κ2) is 5.34. The molecule has 0 aliphatic heterocycles. The highest BCUT2D eigenvalue weighted by Crippen LogP contribution is 2.27. The lowest BCUT2D eigenvalue weighted by molar-refractivity contribution is 0.863. The molecule has 0 spiro atoms. The van der Waals surface area contributed by atoms with E-state index in [-0.39, 0.29) is 0 Å². The zero-order chi connectivity index (χ0) is 13.1. The number of hydrogen-bond donors (Lipinski definition) is 0. The maximum Gasteiger partial charge on any atom is 0.0450 e. The Morgan fingerprint density at radius 1 is 1.17 bits per heavy atom. The maximum atomic E-state index is 4.39. The molecule has 0 bridgehead atoms. The normalized spacial score (nSPS) is 10.9. The molecule has 0 saturated heterocycles. The van der Waals surface area contributed by atoms with Crippen molar-refractivity contribution in [3.8, 4) is 11.1 Å². The third kappa shape index (κ3) is 2.61. The maximum absolute atomic E-state index is 4.39. The van der Waals surface area contributed by atoms with Crippen molar-refractivity contribution in [1.29, 1.82) is 0 Å². The van der Waals surface area contributed by atoms with Crippen LogP contribution in [-0.2, 0) is 6.42 Å². The quantitative estimate of drug-likeness (QED) is 0.753. The van der Waals surface area contributed by atoms with E-state index in [1.807, 2.05) is 12.3 Å². The molecular weight excluding hydrogens is 218 g/mol. The van der Waals surface area contributed by atoms with E-state index in [0.29, 0.717) is 5.92 Å². The number of aromatic nitrogens is 1. The second-order valence-electron chi connectivity index (χ2n) is 5.11. The largest absolute Gasteiger partial charge is 0.261 e. The third-order valence-electron chi connectivity index (χ3n) is 3.41. The number of rotatable bonds is 3. The van der Waals surface area contributed by atoms with Gasteiger partial charge in [0, 0.05) is 17.5 Å². The van der Waals surface area contributed by atoms with Gasteiger partial charge in [-0.3, -0.25) is 4.98 Å². The van der Waals surface area contributed by atoms with Gasteiger partial charge in [-0.2, -0.15) is 0 Å². The van der Waals surface area contributed by atoms with Crippen LogP contribution in [0.5, 0.6) is 0 Å². The molecule has 94 valence electrons. The molecule has 1 heterocycles. The van der Waals surface area contributed by atoms with Gasteiger partial charge < -0.3 is 0 Å². The number of pyridine rings is 1. The zero-order valence-electron chi connectivity index (χ0n) is 11.7. The summed E-state index contributed by atoms with van der Waals surface area (Å²) in [5.41, 5.74) is 6.45. The predicted molar refractivity (Wildman–Crippen MR) is 77.9 cm³/mol. The summed E-state index contributed by atoms with van der Waals surface area (Å²) in [6.07, 6.45) is 2.93. The van der Waals surface area contributed by atoms with E-state index >= 15 is 0 Å². The Kier molecular flexibility index (Phi) is 3.81. The average molecular weight is 239 g/mol. The van der Waals surface area contributed by atoms with E-state index in [9.17, 15) is 0 Å². The fraction of sp³-hybridized carbons (Fsp3) is 0.353. The molecule has 0 N–H and O–H groups in total. The van der Waals surface area contributed by atoms with Crippen LogP contribution in [0.4, 0.5) is 0 Å². The van der Waals surface area contributed by atoms with Gasteiger partial charge in [0.1, 0.15) is 0 Å². The smallest absolute Gasteiger partial charge is 0.0450 e. The van der Waals surface area contributed by atoms with Crippen molar-refractivity contribution < 1.29 is 0 Å². The molecule has 2 rings (SSSR count). The molecule has 1 aromatic heterocycles. The van der Waals surface area contributed by atoms with Gasteiger partial charge in [0.15, 0.2) is 0 Å². The molecule has 0 aliphatic rings. The van der Waals surface area contributed by atoms with Gasteiger partial charge in [-0.05, 0) is 42.0 Å². The van der Waals surface area contributed by atoms with Gasteiger partial charge in [-0.15, -0.1) is 0 Å². The zero-order valence-corrected chi connectivity index (χ0v) is 11.7. The van der Waals surface area contributed by atoms with Crippen LogP contribution in [0.15, 0.2) is 36.5 Å². The van der Waals surface area contributed by atoms with E-state index in [2.05, 4.69) is 56.9 Å². The van der Waals surface area contributed by atoms with Gasteiger partial charge >= 0.3 is 0 Å². The first-order valence-electron chi connectivity index (χ1n) is 6.67. The van der Waals surface area contributed by atoms with Crippen molar-refractivity contribution >= 4 is 0 Å². The number of aryl methyl sites for hydroxylation is 2. The standard InChI is InChI=1S/C17H21N/c1-5-14-9-15(12(2)3)11-16(10-14)17-7-6-8-18-13(17)4/h6-12H,5H2,1-4H3. The van der Waals surface area contributed by atoms with Gasteiger partial charge in [0.2, 0.25) is 0 Å². The van der Waals surface area contributed by atoms with E-state index in [0.717, 1.165) is 12.1 Å². The van der Waals surface area contributed by atoms with Crippen LogP contribution in [0.3, 0.4) is 0 Å². The minimum atomic E-state index is 0.562. The minimum Gasteiger partial charge on any atom is -0.261 e. The first-order chi connectivity index (χ1) is 8.61. The van der Waals surface area contributed by atoms with Gasteiger partial charge in [0.25, 0.3) is 0 Å². The number of benzene rings is 1. The van der Waals surface area contributed by atoms with Crippen molar-refractivity contribution in [1.82, 2.24) is 4.98 Å². The summed E-state index contributed by atoms with van der Waals surface area (Å²) >= 11 is 0. The van der Waals surface area contributed by atoms with Gasteiger partial charge in [0.05, 0.1) is 0 Å². The molecule has 0 saturated carbocycles. The van der Waals surface area contributed by atoms with Crippen molar-refractivity contribution in [2.45, 2.75) is 40.0 Å². The molecule has 1 aromatic carbocycles. The lowest BCUT2D eigenvalue weighted by Gasteiger charge is -2.12. The molecule has 0 unspecified atom stereocenters. The summed E-state index contributed by atoms with van der Waals surface area (Å²) in [6, 6.07) is 11.1. The van der Waals surface area contributed by atoms with E-state index in [1.165, 1.54) is 22.3 Å². The molecule has 1 heteroatoms. The molecule has 1 nitrogen and oxygen atoms in total. The molecule has 0 radical (unpaired) electrons. The van der Waals surface area contributed by atoms with Crippen LogP contribution in [0.2, 0.25) is 0 Å². The Hall–Kier alpha value is -1.63. The Labute approximate surface area is 110 Å². The average Bonchev–Trinajstić information content (AvgIpc) is 2.38. The highest BCUT2D eigenvalue weighted by Gasteiger charge is 2.07. The topological polar surface area (TPSA) is 12.9 Å². The van der Waals surface area contributed by atoms with E-state index in [1.54, 1.807) is 0 Å². The van der Waals surface area contributed by atoms with Crippen LogP contribution >= 0.6 is 0 Å². The number of hydrogen-bond acceptors (Lipinski definition) is 1. The highest BCUT2D eigenvalue weighted by molar-refractivity contribution is 5.67. The first-order valence-corrected chi connectivity index (χ1v) is 6.67. The van der Waals surface area contributed by atoms with Crippen molar-refractivity contribution in [3.63, 3.8) is 0 Å². The lowest BCUT2D eigenvalue weighted by atomic mass is 9.93. The Morgan fingerprint density at radius 2 is 1.94 bits per heavy atom. The van der Waals surface area contributed by atoms with Crippen LogP contribution in [-0.4, -0.2) is 4.98 Å². The van der Waals surface area contributed by atoms with Crippen molar-refractivity contribution in [3.05, 3.63) is 53.3 Å². The van der Waals surface area contributed by atoms with Crippen molar-refractivity contribution in [2.75, 3.05) is 0 Å². The molecule has 2 aromatic rings. The molecule has 0 amide bonds. The molecule has 18 heavy (non-hydrogen) atoms. The summed E-state index contributed by atoms with van der Waals surface area (Å²) in [6.45, 7) is 8.77. The summed E-state index contributed by atoms with van der Waals surface area (Å²) in [4.78, 5) is 4.39. The number of nitrogens with zero attached hydrogens (tertiary/aromatic N) is 1. The molecular formula is C17H21N. The first kappa shape index (κ1) is 12.8.